The summed E-state index contributed by atoms with van der Waals surface area (Å²) in [7, 11) is 0. The van der Waals surface area contributed by atoms with E-state index in [1.807, 2.05) is 11.3 Å². The normalized spacial score (nSPS) is 11.6. The molecule has 0 amide bonds. The minimum absolute atomic E-state index is 1.11. The van der Waals surface area contributed by atoms with Crippen LogP contribution in [0.1, 0.15) is 0 Å². The van der Waals surface area contributed by atoms with Gasteiger partial charge in [0.05, 0.1) is 11.0 Å². The van der Waals surface area contributed by atoms with Crippen LogP contribution in [0, 0.1) is 0 Å². The molecule has 0 aliphatic heterocycles. The molecule has 0 aliphatic rings. The molecular weight excluding hydrogens is 685 g/mol. The van der Waals surface area contributed by atoms with Crippen LogP contribution in [0.5, 0.6) is 0 Å². The fraction of sp³-hybridized carbons (Fsp3) is 0. The molecule has 2 aromatic heterocycles. The van der Waals surface area contributed by atoms with Gasteiger partial charge in [0.2, 0.25) is 0 Å². The van der Waals surface area contributed by atoms with Crippen LogP contribution in [0.25, 0.3) is 80.7 Å². The molecule has 0 aliphatic carbocycles. The van der Waals surface area contributed by atoms with Crippen molar-refractivity contribution in [1.82, 2.24) is 4.57 Å². The Morgan fingerprint density at radius 1 is 0.364 bits per heavy atom. The summed E-state index contributed by atoms with van der Waals surface area (Å²) in [6, 6.07) is 75.2. The number of nitrogens with zero attached hydrogens (tertiary/aromatic N) is 2. The first kappa shape index (κ1) is 31.6. The number of thiophene rings is 1. The first-order valence-electron chi connectivity index (χ1n) is 18.8. The molecule has 3 heteroatoms. The molecule has 0 spiro atoms. The van der Waals surface area contributed by atoms with Gasteiger partial charge in [-0.15, -0.1) is 11.3 Å². The number of aromatic nitrogens is 1. The summed E-state index contributed by atoms with van der Waals surface area (Å²) in [4.78, 5) is 2.37. The predicted molar refractivity (Wildman–Crippen MR) is 237 cm³/mol. The summed E-state index contributed by atoms with van der Waals surface area (Å²) < 4.78 is 5.05. The average molecular weight is 719 g/mol. The van der Waals surface area contributed by atoms with Crippen LogP contribution < -0.4 is 4.90 Å². The van der Waals surface area contributed by atoms with Crippen molar-refractivity contribution in [3.63, 3.8) is 0 Å². The third-order valence-corrected chi connectivity index (χ3v) is 12.2. The van der Waals surface area contributed by atoms with Crippen LogP contribution in [0.3, 0.4) is 0 Å². The molecule has 55 heavy (non-hydrogen) atoms. The van der Waals surface area contributed by atoms with Gasteiger partial charge in [0.15, 0.2) is 0 Å². The van der Waals surface area contributed by atoms with E-state index in [1.165, 1.54) is 80.7 Å². The Labute approximate surface area is 323 Å². The number of benzene rings is 9. The summed E-state index contributed by atoms with van der Waals surface area (Å²) in [6.07, 6.45) is 0. The second-order valence-electron chi connectivity index (χ2n) is 14.2. The molecule has 0 bridgehead atoms. The third-order valence-electron chi connectivity index (χ3n) is 11.0. The van der Waals surface area contributed by atoms with Gasteiger partial charge in [0, 0.05) is 59.3 Å². The van der Waals surface area contributed by atoms with Gasteiger partial charge in [-0.05, 0) is 94.2 Å². The quantitative estimate of drug-likeness (QED) is 0.166. The van der Waals surface area contributed by atoms with Crippen LogP contribution in [0.15, 0.2) is 206 Å². The molecule has 0 N–H and O–H groups in total. The molecular formula is C52H34N2S. The van der Waals surface area contributed by atoms with E-state index in [-0.39, 0.29) is 0 Å². The van der Waals surface area contributed by atoms with Crippen LogP contribution >= 0.6 is 11.3 Å². The molecule has 0 radical (unpaired) electrons. The number of rotatable bonds is 6. The Morgan fingerprint density at radius 2 is 0.909 bits per heavy atom. The summed E-state index contributed by atoms with van der Waals surface area (Å²) in [5, 5.41) is 7.57. The summed E-state index contributed by atoms with van der Waals surface area (Å²) in [5.41, 5.74) is 11.8. The SMILES string of the molecule is c1ccc(-c2ccc(N(c3ccc(-c4cc(-n5c6ccccc6c6ccccc65)cc5c4sc4ccccc45)cc3)c3ccc4ccccc4c3)cc2)cc1. The monoisotopic (exact) mass is 718 g/mol. The van der Waals surface area contributed by atoms with E-state index in [9.17, 15) is 0 Å². The van der Waals surface area contributed by atoms with E-state index in [0.717, 1.165) is 17.1 Å². The summed E-state index contributed by atoms with van der Waals surface area (Å²) in [6.45, 7) is 0. The highest BCUT2D eigenvalue weighted by molar-refractivity contribution is 7.26. The average Bonchev–Trinajstić information content (AvgIpc) is 3.80. The smallest absolute Gasteiger partial charge is 0.0541 e. The molecule has 0 fully saturated rings. The molecule has 0 unspecified atom stereocenters. The Balaban J connectivity index is 1.08. The van der Waals surface area contributed by atoms with Crippen LogP contribution in [-0.4, -0.2) is 4.57 Å². The molecule has 258 valence electrons. The Bertz CT molecular complexity index is 3140. The Hall–Kier alpha value is -6.94. The van der Waals surface area contributed by atoms with E-state index < -0.39 is 0 Å². The lowest BCUT2D eigenvalue weighted by atomic mass is 10.0. The van der Waals surface area contributed by atoms with Crippen LogP contribution in [0.4, 0.5) is 17.1 Å². The number of para-hydroxylation sites is 2. The molecule has 2 heterocycles. The first-order valence-corrected chi connectivity index (χ1v) is 19.6. The van der Waals surface area contributed by atoms with E-state index in [2.05, 4.69) is 216 Å². The van der Waals surface area contributed by atoms with Crippen molar-refractivity contribution < 1.29 is 0 Å². The van der Waals surface area contributed by atoms with Crippen molar-refractivity contribution in [3.8, 4) is 27.9 Å². The number of anilines is 3. The van der Waals surface area contributed by atoms with E-state index >= 15 is 0 Å². The lowest BCUT2D eigenvalue weighted by Gasteiger charge is -2.26. The summed E-state index contributed by atoms with van der Waals surface area (Å²) in [5.74, 6) is 0. The van der Waals surface area contributed by atoms with Gasteiger partial charge in [-0.3, -0.25) is 0 Å². The van der Waals surface area contributed by atoms with E-state index in [4.69, 9.17) is 0 Å². The maximum Gasteiger partial charge on any atom is 0.0541 e. The summed E-state index contributed by atoms with van der Waals surface area (Å²) >= 11 is 1.88. The number of fused-ring (bicyclic) bond motifs is 7. The zero-order valence-electron chi connectivity index (χ0n) is 29.9. The Kier molecular flexibility index (Phi) is 7.39. The lowest BCUT2D eigenvalue weighted by molar-refractivity contribution is 1.19. The second kappa shape index (κ2) is 12.9. The van der Waals surface area contributed by atoms with Crippen molar-refractivity contribution in [2.75, 3.05) is 4.90 Å². The molecule has 0 saturated heterocycles. The minimum atomic E-state index is 1.11. The highest BCUT2D eigenvalue weighted by Crippen LogP contribution is 2.44. The van der Waals surface area contributed by atoms with Crippen molar-refractivity contribution in [1.29, 1.82) is 0 Å². The molecule has 11 aromatic rings. The third kappa shape index (κ3) is 5.32. The maximum atomic E-state index is 2.44. The van der Waals surface area contributed by atoms with Crippen molar-refractivity contribution in [2.45, 2.75) is 0 Å². The highest BCUT2D eigenvalue weighted by Gasteiger charge is 2.19. The second-order valence-corrected chi connectivity index (χ2v) is 15.2. The van der Waals surface area contributed by atoms with Gasteiger partial charge in [-0.25, -0.2) is 0 Å². The fourth-order valence-corrected chi connectivity index (χ4v) is 9.56. The largest absolute Gasteiger partial charge is 0.310 e. The standard InChI is InChI=1S/C52H34N2S/c1-2-12-35(13-3-1)37-22-27-40(28-23-37)53(42-31-24-36-14-4-5-15-39(36)32-42)41-29-25-38(26-30-41)47-33-43(34-48-46-18-8-11-21-51(46)55-52(47)48)54-49-19-9-6-16-44(49)45-17-7-10-20-50(45)54/h1-34H. The predicted octanol–water partition coefficient (Wildman–Crippen LogP) is 15.1. The number of hydrogen-bond donors (Lipinski definition) is 0. The molecule has 0 saturated carbocycles. The molecule has 11 rings (SSSR count). The van der Waals surface area contributed by atoms with Gasteiger partial charge in [0.1, 0.15) is 0 Å². The zero-order valence-corrected chi connectivity index (χ0v) is 30.7. The van der Waals surface area contributed by atoms with Gasteiger partial charge in [-0.2, -0.15) is 0 Å². The molecule has 2 nitrogen and oxygen atoms in total. The molecule has 0 atom stereocenters. The van der Waals surface area contributed by atoms with Crippen molar-refractivity contribution >= 4 is 81.1 Å². The topological polar surface area (TPSA) is 8.17 Å². The van der Waals surface area contributed by atoms with Crippen molar-refractivity contribution in [2.24, 2.45) is 0 Å². The highest BCUT2D eigenvalue weighted by atomic mass is 32.1. The van der Waals surface area contributed by atoms with Gasteiger partial charge in [-0.1, -0.05) is 140 Å². The lowest BCUT2D eigenvalue weighted by Crippen LogP contribution is -2.09. The van der Waals surface area contributed by atoms with Gasteiger partial charge >= 0.3 is 0 Å². The maximum absolute atomic E-state index is 2.44. The van der Waals surface area contributed by atoms with E-state index in [1.54, 1.807) is 0 Å². The van der Waals surface area contributed by atoms with Gasteiger partial charge in [0.25, 0.3) is 0 Å². The zero-order chi connectivity index (χ0) is 36.3. The Morgan fingerprint density at radius 3 is 1.62 bits per heavy atom. The number of hydrogen-bond acceptors (Lipinski definition) is 2. The van der Waals surface area contributed by atoms with Crippen molar-refractivity contribution in [3.05, 3.63) is 206 Å². The van der Waals surface area contributed by atoms with Crippen LogP contribution in [0.2, 0.25) is 0 Å². The van der Waals surface area contributed by atoms with Crippen LogP contribution in [-0.2, 0) is 0 Å². The van der Waals surface area contributed by atoms with Gasteiger partial charge < -0.3 is 9.47 Å². The van der Waals surface area contributed by atoms with E-state index in [0.29, 0.717) is 0 Å². The first-order chi connectivity index (χ1) is 27.3. The minimum Gasteiger partial charge on any atom is -0.310 e. The fourth-order valence-electron chi connectivity index (χ4n) is 8.34. The molecule has 9 aromatic carbocycles.